The van der Waals surface area contributed by atoms with E-state index in [1.165, 1.54) is 28.8 Å². The van der Waals surface area contributed by atoms with Crippen LogP contribution < -0.4 is 0 Å². The van der Waals surface area contributed by atoms with E-state index < -0.39 is 12.0 Å². The molecule has 1 saturated heterocycles. The Morgan fingerprint density at radius 3 is 2.79 bits per heavy atom. The van der Waals surface area contributed by atoms with Gasteiger partial charge in [0.1, 0.15) is 11.8 Å². The maximum atomic E-state index is 12.4. The lowest BCUT2D eigenvalue weighted by Crippen LogP contribution is -2.45. The Hall–Kier alpha value is -1.69. The second kappa shape index (κ2) is 5.52. The van der Waals surface area contributed by atoms with Crippen molar-refractivity contribution in [2.45, 2.75) is 24.8 Å². The van der Waals surface area contributed by atoms with Crippen LogP contribution >= 0.6 is 11.8 Å². The van der Waals surface area contributed by atoms with Gasteiger partial charge in [-0.3, -0.25) is 4.79 Å². The molecule has 5 nitrogen and oxygen atoms in total. The minimum atomic E-state index is -0.989. The molecule has 2 atom stereocenters. The fourth-order valence-electron chi connectivity index (χ4n) is 2.13. The highest BCUT2D eigenvalue weighted by Gasteiger charge is 2.41. The van der Waals surface area contributed by atoms with Crippen molar-refractivity contribution < 1.29 is 19.8 Å². The van der Waals surface area contributed by atoms with Crippen molar-refractivity contribution in [3.63, 3.8) is 0 Å². The summed E-state index contributed by atoms with van der Waals surface area (Å²) in [5, 5.41) is 18.5. The van der Waals surface area contributed by atoms with Gasteiger partial charge in [0, 0.05) is 11.3 Å². The molecule has 0 saturated carbocycles. The maximum Gasteiger partial charge on any atom is 0.327 e. The van der Waals surface area contributed by atoms with Crippen LogP contribution in [0.15, 0.2) is 24.3 Å². The Kier molecular flexibility index (Phi) is 3.99. The van der Waals surface area contributed by atoms with Gasteiger partial charge in [-0.1, -0.05) is 13.0 Å². The smallest absolute Gasteiger partial charge is 0.327 e. The zero-order valence-corrected chi connectivity index (χ0v) is 11.3. The number of thioether (sulfide) groups is 1. The summed E-state index contributed by atoms with van der Waals surface area (Å²) in [7, 11) is 0. The van der Waals surface area contributed by atoms with E-state index in [2.05, 4.69) is 0 Å². The normalized spacial score (nSPS) is 22.5. The molecule has 0 aliphatic carbocycles. The summed E-state index contributed by atoms with van der Waals surface area (Å²) in [5.74, 6) is -0.937. The number of carbonyl (C=O) groups excluding carboxylic acids is 1. The fourth-order valence-corrected chi connectivity index (χ4v) is 3.48. The molecule has 2 rings (SSSR count). The first-order chi connectivity index (χ1) is 9.04. The molecule has 1 heterocycles. The topological polar surface area (TPSA) is 77.8 Å². The van der Waals surface area contributed by atoms with Gasteiger partial charge >= 0.3 is 5.97 Å². The number of carboxylic acids is 1. The highest BCUT2D eigenvalue weighted by atomic mass is 32.2. The highest BCUT2D eigenvalue weighted by molar-refractivity contribution is 8.00. The Morgan fingerprint density at radius 2 is 2.21 bits per heavy atom. The molecule has 1 aliphatic heterocycles. The van der Waals surface area contributed by atoms with Crippen molar-refractivity contribution >= 4 is 23.6 Å². The third-order valence-corrected chi connectivity index (χ3v) is 4.51. The first-order valence-corrected chi connectivity index (χ1v) is 7.05. The number of hydrogen-bond donors (Lipinski definition) is 2. The summed E-state index contributed by atoms with van der Waals surface area (Å²) in [6.45, 7) is 1.92. The van der Waals surface area contributed by atoms with Crippen LogP contribution in [0.25, 0.3) is 0 Å². The van der Waals surface area contributed by atoms with E-state index in [0.29, 0.717) is 17.7 Å². The largest absolute Gasteiger partial charge is 0.508 e. The zero-order chi connectivity index (χ0) is 14.0. The van der Waals surface area contributed by atoms with Crippen molar-refractivity contribution in [3.05, 3.63) is 29.8 Å². The summed E-state index contributed by atoms with van der Waals surface area (Å²) in [6, 6.07) is 5.18. The summed E-state index contributed by atoms with van der Waals surface area (Å²) in [6.07, 6.45) is 0.693. The van der Waals surface area contributed by atoms with Crippen LogP contribution in [0.3, 0.4) is 0 Å². The molecule has 1 aromatic carbocycles. The predicted octanol–water partition coefficient (Wildman–Crippen LogP) is 1.77. The predicted molar refractivity (Wildman–Crippen MR) is 72.2 cm³/mol. The molecule has 1 fully saturated rings. The van der Waals surface area contributed by atoms with Crippen LogP contribution in [-0.4, -0.2) is 44.2 Å². The highest BCUT2D eigenvalue weighted by Crippen LogP contribution is 2.33. The summed E-state index contributed by atoms with van der Waals surface area (Å²) >= 11 is 1.48. The summed E-state index contributed by atoms with van der Waals surface area (Å²) < 4.78 is 0. The molecule has 0 spiro atoms. The first-order valence-electron chi connectivity index (χ1n) is 6.00. The van der Waals surface area contributed by atoms with Crippen LogP contribution in [-0.2, 0) is 4.79 Å². The fraction of sp³-hybridized carbons (Fsp3) is 0.385. The molecular weight excluding hydrogens is 266 g/mol. The molecular formula is C13H15NO4S. The Labute approximate surface area is 115 Å². The van der Waals surface area contributed by atoms with Gasteiger partial charge in [0.2, 0.25) is 0 Å². The third-order valence-electron chi connectivity index (χ3n) is 3.05. The number of hydrogen-bond acceptors (Lipinski definition) is 4. The van der Waals surface area contributed by atoms with Gasteiger partial charge in [0.05, 0.1) is 5.37 Å². The number of benzene rings is 1. The van der Waals surface area contributed by atoms with Gasteiger partial charge in [-0.25, -0.2) is 4.79 Å². The van der Waals surface area contributed by atoms with E-state index in [1.54, 1.807) is 12.1 Å². The van der Waals surface area contributed by atoms with E-state index in [9.17, 15) is 19.8 Å². The zero-order valence-electron chi connectivity index (χ0n) is 10.4. The number of phenols is 1. The van der Waals surface area contributed by atoms with Gasteiger partial charge in [0.25, 0.3) is 5.91 Å². The van der Waals surface area contributed by atoms with E-state index in [1.807, 2.05) is 6.92 Å². The molecule has 1 amide bonds. The van der Waals surface area contributed by atoms with Gasteiger partial charge in [-0.15, -0.1) is 11.8 Å². The molecule has 2 N–H and O–H groups in total. The number of aromatic hydroxyl groups is 1. The van der Waals surface area contributed by atoms with Crippen LogP contribution in [0.1, 0.15) is 23.7 Å². The van der Waals surface area contributed by atoms with E-state index >= 15 is 0 Å². The minimum Gasteiger partial charge on any atom is -0.508 e. The number of rotatable bonds is 3. The minimum absolute atomic E-state index is 0.00220. The first kappa shape index (κ1) is 13.7. The number of aliphatic carboxylic acids is 1. The lowest BCUT2D eigenvalue weighted by Gasteiger charge is -2.26. The van der Waals surface area contributed by atoms with Crippen LogP contribution in [0.2, 0.25) is 0 Å². The van der Waals surface area contributed by atoms with Crippen LogP contribution in [0.5, 0.6) is 5.75 Å². The van der Waals surface area contributed by atoms with Crippen molar-refractivity contribution in [1.82, 2.24) is 4.90 Å². The Balaban J connectivity index is 2.31. The SMILES string of the molecule is CCC1SCC(C(=O)O)N1C(=O)c1cccc(O)c1. The van der Waals surface area contributed by atoms with Crippen molar-refractivity contribution in [2.75, 3.05) is 5.75 Å². The summed E-state index contributed by atoms with van der Waals surface area (Å²) in [5.41, 5.74) is 0.312. The van der Waals surface area contributed by atoms with E-state index in [-0.39, 0.29) is 17.0 Å². The van der Waals surface area contributed by atoms with Crippen molar-refractivity contribution in [1.29, 1.82) is 0 Å². The van der Waals surface area contributed by atoms with Crippen molar-refractivity contribution in [2.24, 2.45) is 0 Å². The van der Waals surface area contributed by atoms with E-state index in [0.717, 1.165) is 0 Å². The lowest BCUT2D eigenvalue weighted by atomic mass is 10.1. The van der Waals surface area contributed by atoms with Gasteiger partial charge in [-0.05, 0) is 24.6 Å². The summed E-state index contributed by atoms with van der Waals surface area (Å²) in [4.78, 5) is 25.0. The van der Waals surface area contributed by atoms with Gasteiger partial charge in [0.15, 0.2) is 0 Å². The number of nitrogens with zero attached hydrogens (tertiary/aromatic N) is 1. The molecule has 2 unspecified atom stereocenters. The van der Waals surface area contributed by atoms with Gasteiger partial charge < -0.3 is 15.1 Å². The van der Waals surface area contributed by atoms with Crippen LogP contribution in [0.4, 0.5) is 0 Å². The molecule has 6 heteroatoms. The molecule has 0 radical (unpaired) electrons. The Bertz CT molecular complexity index is 505. The number of phenolic OH excluding ortho intramolecular Hbond substituents is 1. The maximum absolute atomic E-state index is 12.4. The Morgan fingerprint density at radius 1 is 1.47 bits per heavy atom. The molecule has 0 aromatic heterocycles. The molecule has 19 heavy (non-hydrogen) atoms. The lowest BCUT2D eigenvalue weighted by molar-refractivity contribution is -0.141. The third kappa shape index (κ3) is 2.68. The monoisotopic (exact) mass is 281 g/mol. The average Bonchev–Trinajstić information content (AvgIpc) is 2.81. The molecule has 0 bridgehead atoms. The average molecular weight is 281 g/mol. The molecule has 1 aromatic rings. The second-order valence-corrected chi connectivity index (χ2v) is 5.52. The molecule has 1 aliphatic rings. The molecule has 102 valence electrons. The standard InChI is InChI=1S/C13H15NO4S/c1-2-11-14(10(7-19-11)13(17)18)12(16)8-4-3-5-9(15)6-8/h3-6,10-11,15H,2,7H2,1H3,(H,17,18). The number of carboxylic acid groups (broad SMARTS) is 1. The van der Waals surface area contributed by atoms with E-state index in [4.69, 9.17) is 0 Å². The van der Waals surface area contributed by atoms with Gasteiger partial charge in [-0.2, -0.15) is 0 Å². The number of amides is 1. The second-order valence-electron chi connectivity index (χ2n) is 4.31. The quantitative estimate of drug-likeness (QED) is 0.883. The number of carbonyl (C=O) groups is 2. The van der Waals surface area contributed by atoms with Crippen LogP contribution in [0, 0.1) is 0 Å². The van der Waals surface area contributed by atoms with Crippen molar-refractivity contribution in [3.8, 4) is 5.75 Å².